The molecule has 2 aromatic carbocycles. The number of likely N-dealkylation sites (N-methyl/N-ethyl adjacent to an activating group) is 1. The average Bonchev–Trinajstić information content (AvgIpc) is 2.85. The number of halogens is 3. The zero-order valence-electron chi connectivity index (χ0n) is 20.9. The molecule has 16 heteroatoms. The number of hydrogen-bond donors (Lipinski definition) is 2. The second-order valence-corrected chi connectivity index (χ2v) is 12.7. The number of rotatable bonds is 14. The van der Waals surface area contributed by atoms with Gasteiger partial charge < -0.3 is 9.64 Å². The zero-order chi connectivity index (χ0) is 28.7. The van der Waals surface area contributed by atoms with E-state index in [1.165, 1.54) is 29.7 Å². The van der Waals surface area contributed by atoms with Crippen LogP contribution in [0.4, 0.5) is 8.78 Å². The van der Waals surface area contributed by atoms with Crippen LogP contribution < -0.4 is 10.2 Å². The average molecular weight is 599 g/mol. The first-order valence-electron chi connectivity index (χ1n) is 11.2. The fraction of sp³-hybridized carbons (Fsp3) is 0.409. The molecule has 0 heterocycles. The molecule has 212 valence electrons. The van der Waals surface area contributed by atoms with Gasteiger partial charge in [-0.15, -0.1) is 0 Å². The number of nitrogens with one attached hydrogen (secondary N) is 1. The van der Waals surface area contributed by atoms with Crippen molar-refractivity contribution in [1.82, 2.24) is 19.0 Å². The SMILES string of the molecule is CCN(CCN(CC(=O)NO)S(=O)(=O)c1cc(F)c(Oc2ccc(Cl)cc2)c(F)c1)S(=O)(=O)CCN(C)C. The first kappa shape index (κ1) is 31.8. The number of carbonyl (C=O) groups excluding carboxylic acids is 1. The van der Waals surface area contributed by atoms with Crippen molar-refractivity contribution >= 4 is 37.6 Å². The maximum absolute atomic E-state index is 14.8. The molecule has 0 saturated heterocycles. The summed E-state index contributed by atoms with van der Waals surface area (Å²) in [7, 11) is -5.14. The van der Waals surface area contributed by atoms with Gasteiger partial charge in [0.25, 0.3) is 5.91 Å². The highest BCUT2D eigenvalue weighted by atomic mass is 35.5. The van der Waals surface area contributed by atoms with Crippen molar-refractivity contribution in [2.75, 3.05) is 52.6 Å². The van der Waals surface area contributed by atoms with Crippen LogP contribution in [0.2, 0.25) is 5.02 Å². The van der Waals surface area contributed by atoms with Crippen molar-refractivity contribution in [2.45, 2.75) is 11.8 Å². The quantitative estimate of drug-likeness (QED) is 0.249. The number of amides is 1. The predicted molar refractivity (Wildman–Crippen MR) is 136 cm³/mol. The van der Waals surface area contributed by atoms with Crippen LogP contribution in [0.1, 0.15) is 6.92 Å². The smallest absolute Gasteiger partial charge is 0.258 e. The zero-order valence-corrected chi connectivity index (χ0v) is 23.3. The van der Waals surface area contributed by atoms with E-state index in [0.717, 1.165) is 4.31 Å². The lowest BCUT2D eigenvalue weighted by Crippen LogP contribution is -2.45. The minimum absolute atomic E-state index is 0.00976. The van der Waals surface area contributed by atoms with E-state index in [9.17, 15) is 30.4 Å². The van der Waals surface area contributed by atoms with Gasteiger partial charge in [0.05, 0.1) is 17.2 Å². The summed E-state index contributed by atoms with van der Waals surface area (Å²) in [4.78, 5) is 12.6. The number of sulfonamides is 2. The van der Waals surface area contributed by atoms with Gasteiger partial charge in [0.2, 0.25) is 20.0 Å². The Labute approximate surface area is 225 Å². The van der Waals surface area contributed by atoms with Gasteiger partial charge in [0, 0.05) is 31.2 Å². The van der Waals surface area contributed by atoms with Crippen molar-refractivity contribution in [3.05, 3.63) is 53.1 Å². The highest BCUT2D eigenvalue weighted by Crippen LogP contribution is 2.31. The molecule has 0 saturated carbocycles. The van der Waals surface area contributed by atoms with Gasteiger partial charge in [-0.25, -0.2) is 35.4 Å². The Balaban J connectivity index is 2.35. The van der Waals surface area contributed by atoms with Gasteiger partial charge in [0.1, 0.15) is 5.75 Å². The van der Waals surface area contributed by atoms with E-state index in [2.05, 4.69) is 0 Å². The summed E-state index contributed by atoms with van der Waals surface area (Å²) in [6.45, 7) is -0.0619. The lowest BCUT2D eigenvalue weighted by molar-refractivity contribution is -0.129. The van der Waals surface area contributed by atoms with Crippen molar-refractivity contribution in [3.63, 3.8) is 0 Å². The third-order valence-corrected chi connectivity index (χ3v) is 9.23. The van der Waals surface area contributed by atoms with Crippen LogP contribution in [0.3, 0.4) is 0 Å². The van der Waals surface area contributed by atoms with Gasteiger partial charge in [-0.3, -0.25) is 10.0 Å². The molecule has 2 rings (SSSR count). The van der Waals surface area contributed by atoms with E-state index < -0.39 is 61.3 Å². The second-order valence-electron chi connectivity index (χ2n) is 8.26. The molecule has 0 aromatic heterocycles. The third-order valence-electron chi connectivity index (χ3n) is 5.23. The van der Waals surface area contributed by atoms with E-state index in [1.54, 1.807) is 25.9 Å². The summed E-state index contributed by atoms with van der Waals surface area (Å²) >= 11 is 5.77. The molecule has 2 aromatic rings. The molecule has 1 amide bonds. The maximum Gasteiger partial charge on any atom is 0.258 e. The summed E-state index contributed by atoms with van der Waals surface area (Å²) in [5, 5.41) is 9.26. The monoisotopic (exact) mass is 598 g/mol. The summed E-state index contributed by atoms with van der Waals surface area (Å²) < 4.78 is 88.2. The summed E-state index contributed by atoms with van der Waals surface area (Å²) in [6, 6.07) is 6.59. The number of carbonyl (C=O) groups is 1. The van der Waals surface area contributed by atoms with Crippen LogP contribution in [0, 0.1) is 11.6 Å². The molecule has 2 N–H and O–H groups in total. The minimum Gasteiger partial charge on any atom is -0.451 e. The van der Waals surface area contributed by atoms with Gasteiger partial charge in [0.15, 0.2) is 17.4 Å². The minimum atomic E-state index is -4.74. The van der Waals surface area contributed by atoms with Crippen LogP contribution >= 0.6 is 11.6 Å². The lowest BCUT2D eigenvalue weighted by atomic mass is 10.3. The highest BCUT2D eigenvalue weighted by molar-refractivity contribution is 7.89. The number of ether oxygens (including phenoxy) is 1. The van der Waals surface area contributed by atoms with Gasteiger partial charge in [-0.2, -0.15) is 4.31 Å². The van der Waals surface area contributed by atoms with Crippen molar-refractivity contribution in [2.24, 2.45) is 0 Å². The van der Waals surface area contributed by atoms with Gasteiger partial charge >= 0.3 is 0 Å². The Morgan fingerprint density at radius 2 is 1.55 bits per heavy atom. The molecule has 0 radical (unpaired) electrons. The predicted octanol–water partition coefficient (Wildman–Crippen LogP) is 2.12. The van der Waals surface area contributed by atoms with Crippen LogP contribution in [-0.4, -0.2) is 94.0 Å². The standard InChI is InChI=1S/C22H29ClF2N4O7S2/c1-4-28(37(32,33)12-11-27(2)3)9-10-29(15-21(30)26-31)38(34,35)18-13-19(24)22(20(25)14-18)36-17-7-5-16(23)6-8-17/h5-8,13-14,31H,4,9-12,15H2,1-3H3,(H,26,30). The molecular weight excluding hydrogens is 570 g/mol. The number of benzene rings is 2. The van der Waals surface area contributed by atoms with Crippen molar-refractivity contribution in [3.8, 4) is 11.5 Å². The normalized spacial score (nSPS) is 12.4. The second kappa shape index (κ2) is 13.6. The molecule has 38 heavy (non-hydrogen) atoms. The summed E-state index contributed by atoms with van der Waals surface area (Å²) in [5.74, 6) is -4.88. The summed E-state index contributed by atoms with van der Waals surface area (Å²) in [5.41, 5.74) is 1.29. The van der Waals surface area contributed by atoms with E-state index in [0.29, 0.717) is 21.5 Å². The molecule has 0 aliphatic rings. The Hall–Kier alpha value is -2.40. The highest BCUT2D eigenvalue weighted by Gasteiger charge is 2.31. The molecule has 0 unspecified atom stereocenters. The van der Waals surface area contributed by atoms with Gasteiger partial charge in [-0.05, 0) is 50.5 Å². The topological polar surface area (TPSA) is 137 Å². The van der Waals surface area contributed by atoms with Gasteiger partial charge in [-0.1, -0.05) is 18.5 Å². The molecule has 0 aliphatic carbocycles. The molecule has 0 fully saturated rings. The fourth-order valence-electron chi connectivity index (χ4n) is 3.18. The maximum atomic E-state index is 14.8. The van der Waals surface area contributed by atoms with E-state index in [1.807, 2.05) is 0 Å². The first-order chi connectivity index (χ1) is 17.7. The van der Waals surface area contributed by atoms with Crippen LogP contribution in [0.5, 0.6) is 11.5 Å². The number of hydrogen-bond acceptors (Lipinski definition) is 8. The molecule has 0 bridgehead atoms. The molecule has 0 aliphatic heterocycles. The Kier molecular flexibility index (Phi) is 11.4. The first-order valence-corrected chi connectivity index (χ1v) is 14.6. The lowest BCUT2D eigenvalue weighted by Gasteiger charge is -2.26. The largest absolute Gasteiger partial charge is 0.451 e. The summed E-state index contributed by atoms with van der Waals surface area (Å²) in [6.07, 6.45) is 0. The van der Waals surface area contributed by atoms with Crippen LogP contribution in [0.25, 0.3) is 0 Å². The number of hydroxylamine groups is 1. The van der Waals surface area contributed by atoms with E-state index in [4.69, 9.17) is 21.5 Å². The van der Waals surface area contributed by atoms with Crippen molar-refractivity contribution in [1.29, 1.82) is 0 Å². The third kappa shape index (κ3) is 8.56. The molecular formula is C22H29ClF2N4O7S2. The molecule has 0 atom stereocenters. The van der Waals surface area contributed by atoms with E-state index >= 15 is 0 Å². The molecule has 11 nitrogen and oxygen atoms in total. The van der Waals surface area contributed by atoms with Crippen molar-refractivity contribution < 1.29 is 40.4 Å². The Morgan fingerprint density at radius 3 is 2.05 bits per heavy atom. The van der Waals surface area contributed by atoms with Crippen LogP contribution in [-0.2, 0) is 24.8 Å². The van der Waals surface area contributed by atoms with E-state index in [-0.39, 0.29) is 31.1 Å². The number of nitrogens with zero attached hydrogens (tertiary/aromatic N) is 3. The Morgan fingerprint density at radius 1 is 1.00 bits per heavy atom. The fourth-order valence-corrected chi connectivity index (χ4v) is 6.32. The molecule has 0 spiro atoms. The van der Waals surface area contributed by atoms with Crippen LogP contribution in [0.15, 0.2) is 41.3 Å². The Bertz CT molecular complexity index is 1300.